The Balaban J connectivity index is 1.67. The number of pyridine rings is 1. The number of carbonyl (C=O) groups is 1. The van der Waals surface area contributed by atoms with Gasteiger partial charge in [-0.3, -0.25) is 14.7 Å². The Bertz CT molecular complexity index is 549. The summed E-state index contributed by atoms with van der Waals surface area (Å²) < 4.78 is 37.5. The Hall–Kier alpha value is -1.63. The molecule has 4 heterocycles. The number of fused-ring (bicyclic) bond motifs is 4. The van der Waals surface area contributed by atoms with Gasteiger partial charge in [-0.05, 0) is 30.9 Å². The van der Waals surface area contributed by atoms with Crippen LogP contribution in [-0.4, -0.2) is 52.5 Å². The van der Waals surface area contributed by atoms with Gasteiger partial charge in [-0.1, -0.05) is 6.07 Å². The predicted octanol–water partition coefficient (Wildman–Crippen LogP) is 2.46. The van der Waals surface area contributed by atoms with E-state index in [0.29, 0.717) is 19.6 Å². The van der Waals surface area contributed by atoms with Gasteiger partial charge >= 0.3 is 6.18 Å². The lowest BCUT2D eigenvalue weighted by Crippen LogP contribution is -2.48. The summed E-state index contributed by atoms with van der Waals surface area (Å²) in [4.78, 5) is 20.0. The number of amides is 1. The first kappa shape index (κ1) is 16.2. The molecule has 0 aromatic carbocycles. The number of aromatic nitrogens is 1. The number of nitrogens with zero attached hydrogens (tertiary/aromatic N) is 3. The molecule has 2 atom stereocenters. The molecule has 3 aliphatic rings. The number of alkyl halides is 3. The first-order chi connectivity index (χ1) is 10.9. The Morgan fingerprint density at radius 1 is 1.22 bits per heavy atom. The fourth-order valence-corrected chi connectivity index (χ4v) is 3.61. The Labute approximate surface area is 133 Å². The molecule has 1 amide bonds. The average Bonchev–Trinajstić information content (AvgIpc) is 2.77. The highest BCUT2D eigenvalue weighted by Gasteiger charge is 2.41. The lowest BCUT2D eigenvalue weighted by molar-refractivity contribution is -0.164. The molecule has 7 heteroatoms. The highest BCUT2D eigenvalue weighted by molar-refractivity contribution is 5.77. The highest BCUT2D eigenvalue weighted by atomic mass is 19.4. The van der Waals surface area contributed by atoms with Gasteiger partial charge in [0, 0.05) is 38.4 Å². The van der Waals surface area contributed by atoms with Gasteiger partial charge in [-0.15, -0.1) is 0 Å². The maximum absolute atomic E-state index is 12.5. The van der Waals surface area contributed by atoms with E-state index in [1.54, 1.807) is 6.20 Å². The number of piperidine rings is 1. The second-order valence-corrected chi connectivity index (χ2v) is 6.45. The number of carbonyl (C=O) groups excluding carboxylic acids is 1. The predicted molar refractivity (Wildman–Crippen MR) is 78.4 cm³/mol. The summed E-state index contributed by atoms with van der Waals surface area (Å²) in [5.41, 5.74) is 0.946. The minimum absolute atomic E-state index is 0.118. The number of hydrogen-bond donors (Lipinski definition) is 0. The monoisotopic (exact) mass is 327 g/mol. The lowest BCUT2D eigenvalue weighted by Gasteiger charge is -2.36. The van der Waals surface area contributed by atoms with Crippen molar-refractivity contribution in [2.24, 2.45) is 5.92 Å². The van der Waals surface area contributed by atoms with E-state index in [4.69, 9.17) is 0 Å². The molecule has 2 bridgehead atoms. The molecule has 0 saturated carbocycles. The second-order valence-electron chi connectivity index (χ2n) is 6.45. The van der Waals surface area contributed by atoms with Gasteiger partial charge in [-0.2, -0.15) is 13.2 Å². The standard InChI is InChI=1S/C16H20F3N3O/c17-16(18,19)7-15(23)22-9-12-4-5-14(22)11-21(8-12)10-13-3-1-2-6-20-13/h1-3,6,12,14H,4-5,7-11H2/t12-,14+/m1/s1. The SMILES string of the molecule is O=C(CC(F)(F)F)N1C[C@@H]2CC[C@H]1CN(Cc1ccccn1)C2. The summed E-state index contributed by atoms with van der Waals surface area (Å²) in [5, 5.41) is 0. The van der Waals surface area contributed by atoms with E-state index in [-0.39, 0.29) is 12.0 Å². The molecule has 4 rings (SSSR count). The van der Waals surface area contributed by atoms with Gasteiger partial charge in [0.15, 0.2) is 0 Å². The van der Waals surface area contributed by atoms with Crippen LogP contribution in [0.15, 0.2) is 24.4 Å². The molecule has 3 aliphatic heterocycles. The van der Waals surface area contributed by atoms with Crippen LogP contribution >= 0.6 is 0 Å². The average molecular weight is 327 g/mol. The van der Waals surface area contributed by atoms with E-state index < -0.39 is 18.5 Å². The molecule has 0 N–H and O–H groups in total. The molecule has 126 valence electrons. The van der Waals surface area contributed by atoms with Gasteiger partial charge in [0.05, 0.1) is 5.69 Å². The highest BCUT2D eigenvalue weighted by Crippen LogP contribution is 2.31. The zero-order valence-electron chi connectivity index (χ0n) is 12.8. The minimum atomic E-state index is -4.43. The molecule has 3 fully saturated rings. The third kappa shape index (κ3) is 4.22. The van der Waals surface area contributed by atoms with Gasteiger partial charge in [0.2, 0.25) is 5.91 Å². The molecular weight excluding hydrogens is 307 g/mol. The maximum Gasteiger partial charge on any atom is 0.397 e. The van der Waals surface area contributed by atoms with Gasteiger partial charge in [-0.25, -0.2) is 0 Å². The summed E-state index contributed by atoms with van der Waals surface area (Å²) >= 11 is 0. The number of rotatable bonds is 3. The smallest absolute Gasteiger partial charge is 0.338 e. The maximum atomic E-state index is 12.5. The van der Waals surface area contributed by atoms with Crippen LogP contribution in [0.3, 0.4) is 0 Å². The number of halogens is 3. The van der Waals surface area contributed by atoms with Crippen LogP contribution in [0, 0.1) is 5.92 Å². The molecule has 1 aromatic heterocycles. The molecule has 0 radical (unpaired) electrons. The normalized spacial score (nSPS) is 25.4. The first-order valence-corrected chi connectivity index (χ1v) is 7.89. The minimum Gasteiger partial charge on any atom is -0.338 e. The Morgan fingerprint density at radius 3 is 2.74 bits per heavy atom. The zero-order valence-corrected chi connectivity index (χ0v) is 12.8. The molecule has 1 aromatic rings. The van der Waals surface area contributed by atoms with Crippen LogP contribution < -0.4 is 0 Å². The lowest BCUT2D eigenvalue weighted by atomic mass is 9.94. The van der Waals surface area contributed by atoms with Crippen molar-refractivity contribution in [2.45, 2.75) is 38.0 Å². The van der Waals surface area contributed by atoms with E-state index in [1.807, 2.05) is 18.2 Å². The summed E-state index contributed by atoms with van der Waals surface area (Å²) in [6, 6.07) is 5.60. The van der Waals surface area contributed by atoms with Crippen LogP contribution in [-0.2, 0) is 11.3 Å². The van der Waals surface area contributed by atoms with Crippen molar-refractivity contribution >= 4 is 5.91 Å². The second kappa shape index (κ2) is 6.47. The van der Waals surface area contributed by atoms with Crippen molar-refractivity contribution in [3.8, 4) is 0 Å². The van der Waals surface area contributed by atoms with Crippen molar-refractivity contribution in [1.82, 2.24) is 14.8 Å². The van der Waals surface area contributed by atoms with Crippen molar-refractivity contribution in [1.29, 1.82) is 0 Å². The van der Waals surface area contributed by atoms with E-state index in [1.165, 1.54) is 4.90 Å². The topological polar surface area (TPSA) is 36.4 Å². The van der Waals surface area contributed by atoms with Crippen LogP contribution in [0.4, 0.5) is 13.2 Å². The largest absolute Gasteiger partial charge is 0.397 e. The first-order valence-electron chi connectivity index (χ1n) is 7.89. The molecule has 0 aliphatic carbocycles. The van der Waals surface area contributed by atoms with Crippen LogP contribution in [0.25, 0.3) is 0 Å². The van der Waals surface area contributed by atoms with Crippen molar-refractivity contribution in [3.63, 3.8) is 0 Å². The summed E-state index contributed by atoms with van der Waals surface area (Å²) in [7, 11) is 0. The van der Waals surface area contributed by atoms with E-state index in [0.717, 1.165) is 25.1 Å². The van der Waals surface area contributed by atoms with Crippen LogP contribution in [0.1, 0.15) is 25.0 Å². The summed E-state index contributed by atoms with van der Waals surface area (Å²) in [6.45, 7) is 2.55. The molecular formula is C16H20F3N3O. The third-order valence-electron chi connectivity index (χ3n) is 4.57. The quantitative estimate of drug-likeness (QED) is 0.856. The third-order valence-corrected chi connectivity index (χ3v) is 4.57. The fraction of sp³-hybridized carbons (Fsp3) is 0.625. The van der Waals surface area contributed by atoms with E-state index in [2.05, 4.69) is 9.88 Å². The summed E-state index contributed by atoms with van der Waals surface area (Å²) in [6.07, 6.45) is -2.29. The number of hydrogen-bond acceptors (Lipinski definition) is 3. The van der Waals surface area contributed by atoms with Crippen molar-refractivity contribution in [3.05, 3.63) is 30.1 Å². The Morgan fingerprint density at radius 2 is 2.04 bits per heavy atom. The Kier molecular flexibility index (Phi) is 4.57. The van der Waals surface area contributed by atoms with Crippen LogP contribution in [0.5, 0.6) is 0 Å². The van der Waals surface area contributed by atoms with Gasteiger partial charge in [0.1, 0.15) is 6.42 Å². The van der Waals surface area contributed by atoms with E-state index in [9.17, 15) is 18.0 Å². The molecule has 4 nitrogen and oxygen atoms in total. The van der Waals surface area contributed by atoms with Gasteiger partial charge in [0.25, 0.3) is 0 Å². The van der Waals surface area contributed by atoms with Crippen molar-refractivity contribution in [2.75, 3.05) is 19.6 Å². The molecule has 0 spiro atoms. The van der Waals surface area contributed by atoms with E-state index >= 15 is 0 Å². The van der Waals surface area contributed by atoms with Gasteiger partial charge < -0.3 is 4.90 Å². The zero-order chi connectivity index (χ0) is 16.4. The molecule has 3 saturated heterocycles. The fourth-order valence-electron chi connectivity index (χ4n) is 3.61. The van der Waals surface area contributed by atoms with Crippen molar-refractivity contribution < 1.29 is 18.0 Å². The molecule has 0 unspecified atom stereocenters. The van der Waals surface area contributed by atoms with Crippen LogP contribution in [0.2, 0.25) is 0 Å². The summed E-state index contributed by atoms with van der Waals surface area (Å²) in [5.74, 6) is -0.540. The molecule has 23 heavy (non-hydrogen) atoms.